The van der Waals surface area contributed by atoms with Gasteiger partial charge in [0, 0.05) is 11.1 Å². The maximum absolute atomic E-state index is 11.7. The Hall–Kier alpha value is -3.82. The van der Waals surface area contributed by atoms with E-state index in [2.05, 4.69) is 23.8 Å². The molecule has 1 aromatic carbocycles. The predicted octanol–water partition coefficient (Wildman–Crippen LogP) is 2.10. The first-order chi connectivity index (χ1) is 14.2. The van der Waals surface area contributed by atoms with E-state index in [9.17, 15) is 19.2 Å². The molecule has 0 saturated carbocycles. The van der Waals surface area contributed by atoms with E-state index in [1.165, 1.54) is 38.1 Å². The molecule has 0 aliphatic heterocycles. The molecule has 1 rings (SSSR count). The van der Waals surface area contributed by atoms with E-state index < -0.39 is 24.1 Å². The molecule has 0 fully saturated rings. The smallest absolute Gasteiger partial charge is 0.412 e. The van der Waals surface area contributed by atoms with E-state index in [4.69, 9.17) is 18.9 Å². The Labute approximate surface area is 173 Å². The number of ether oxygens (including phenoxy) is 4. The molecule has 2 amide bonds. The van der Waals surface area contributed by atoms with Crippen molar-refractivity contribution >= 4 is 24.1 Å². The molecular formula is C20H24N2O8. The second kappa shape index (κ2) is 12.6. The number of nitrogens with one attached hydrogen (secondary N) is 2. The van der Waals surface area contributed by atoms with Crippen LogP contribution in [0.2, 0.25) is 0 Å². The molecule has 0 saturated heterocycles. The molecule has 0 aromatic heterocycles. The van der Waals surface area contributed by atoms with Crippen LogP contribution in [-0.2, 0) is 19.1 Å². The Morgan fingerprint density at radius 2 is 1.07 bits per heavy atom. The number of carbonyl (C=O) groups excluding carboxylic acids is 4. The Morgan fingerprint density at radius 1 is 0.733 bits per heavy atom. The second-order valence-electron chi connectivity index (χ2n) is 5.94. The van der Waals surface area contributed by atoms with Crippen LogP contribution in [0.3, 0.4) is 0 Å². The fraction of sp³-hybridized carbons (Fsp3) is 0.300. The van der Waals surface area contributed by atoms with Crippen LogP contribution in [0.1, 0.15) is 13.8 Å². The molecule has 10 heteroatoms. The Morgan fingerprint density at radius 3 is 1.37 bits per heavy atom. The fourth-order valence-corrected chi connectivity index (χ4v) is 1.70. The summed E-state index contributed by atoms with van der Waals surface area (Å²) >= 11 is 0. The predicted molar refractivity (Wildman–Crippen MR) is 106 cm³/mol. The monoisotopic (exact) mass is 420 g/mol. The molecular weight excluding hydrogens is 396 g/mol. The van der Waals surface area contributed by atoms with Crippen molar-refractivity contribution in [2.75, 3.05) is 26.3 Å². The highest BCUT2D eigenvalue weighted by molar-refractivity contribution is 5.87. The average molecular weight is 420 g/mol. The lowest BCUT2D eigenvalue weighted by Crippen LogP contribution is -2.31. The minimum atomic E-state index is -0.739. The summed E-state index contributed by atoms with van der Waals surface area (Å²) in [6.07, 6.45) is -1.48. The minimum absolute atomic E-state index is 0.0188. The lowest BCUT2D eigenvalue weighted by molar-refractivity contribution is -0.139. The van der Waals surface area contributed by atoms with Crippen molar-refractivity contribution in [3.63, 3.8) is 0 Å². The zero-order chi connectivity index (χ0) is 22.5. The van der Waals surface area contributed by atoms with Crippen molar-refractivity contribution in [1.82, 2.24) is 10.6 Å². The standard InChI is InChI=1S/C20H24N2O8/c1-13(2)17(23)27-11-9-21-19(25)29-15-5-7-16(8-6-15)30-20(26)22-10-12-28-18(24)14(3)4/h5-8H,1,3,9-12H2,2,4H3,(H,21,25)(H,22,26). The Kier molecular flexibility index (Phi) is 10.2. The number of rotatable bonds is 10. The van der Waals surface area contributed by atoms with Crippen LogP contribution in [0.5, 0.6) is 11.5 Å². The Bertz CT molecular complexity index is 735. The van der Waals surface area contributed by atoms with Crippen molar-refractivity contribution in [1.29, 1.82) is 0 Å². The third-order valence-corrected chi connectivity index (χ3v) is 3.15. The molecule has 0 heterocycles. The summed E-state index contributed by atoms with van der Waals surface area (Å²) in [5, 5.41) is 4.82. The van der Waals surface area contributed by atoms with Crippen LogP contribution in [0, 0.1) is 0 Å². The summed E-state index contributed by atoms with van der Waals surface area (Å²) in [4.78, 5) is 45.7. The third kappa shape index (κ3) is 9.93. The Balaban J connectivity index is 2.28. The lowest BCUT2D eigenvalue weighted by atomic mass is 10.3. The van der Waals surface area contributed by atoms with Gasteiger partial charge in [-0.15, -0.1) is 0 Å². The largest absolute Gasteiger partial charge is 0.460 e. The van der Waals surface area contributed by atoms with Crippen LogP contribution in [0.15, 0.2) is 48.6 Å². The maximum atomic E-state index is 11.7. The summed E-state index contributed by atoms with van der Waals surface area (Å²) in [7, 11) is 0. The zero-order valence-corrected chi connectivity index (χ0v) is 16.8. The third-order valence-electron chi connectivity index (χ3n) is 3.15. The van der Waals surface area contributed by atoms with Crippen molar-refractivity contribution in [2.24, 2.45) is 0 Å². The van der Waals surface area contributed by atoms with Crippen molar-refractivity contribution < 1.29 is 38.1 Å². The molecule has 10 nitrogen and oxygen atoms in total. The van der Waals surface area contributed by atoms with Crippen molar-refractivity contribution in [3.05, 3.63) is 48.6 Å². The van der Waals surface area contributed by atoms with Crippen LogP contribution >= 0.6 is 0 Å². The van der Waals surface area contributed by atoms with Gasteiger partial charge in [0.2, 0.25) is 0 Å². The van der Waals surface area contributed by atoms with Gasteiger partial charge in [0.25, 0.3) is 0 Å². The van der Waals surface area contributed by atoms with Gasteiger partial charge in [-0.25, -0.2) is 19.2 Å². The van der Waals surface area contributed by atoms with Gasteiger partial charge in [-0.05, 0) is 38.1 Å². The van der Waals surface area contributed by atoms with Gasteiger partial charge in [-0.1, -0.05) is 13.2 Å². The van der Waals surface area contributed by atoms with E-state index >= 15 is 0 Å². The first kappa shape index (κ1) is 24.2. The highest BCUT2D eigenvalue weighted by Crippen LogP contribution is 2.17. The molecule has 0 unspecified atom stereocenters. The lowest BCUT2D eigenvalue weighted by Gasteiger charge is -2.09. The molecule has 0 aliphatic carbocycles. The van der Waals surface area contributed by atoms with Gasteiger partial charge in [0.15, 0.2) is 0 Å². The summed E-state index contributed by atoms with van der Waals surface area (Å²) in [6, 6.07) is 5.71. The van der Waals surface area contributed by atoms with Crippen molar-refractivity contribution in [2.45, 2.75) is 13.8 Å². The number of carbonyl (C=O) groups is 4. The van der Waals surface area contributed by atoms with Gasteiger partial charge >= 0.3 is 24.1 Å². The molecule has 0 aliphatic rings. The highest BCUT2D eigenvalue weighted by Gasteiger charge is 2.08. The van der Waals surface area contributed by atoms with Gasteiger partial charge in [-0.3, -0.25) is 0 Å². The summed E-state index contributed by atoms with van der Waals surface area (Å²) < 4.78 is 19.7. The first-order valence-corrected chi connectivity index (χ1v) is 8.85. The number of esters is 2. The van der Waals surface area contributed by atoms with E-state index in [-0.39, 0.29) is 48.9 Å². The molecule has 1 aromatic rings. The molecule has 162 valence electrons. The normalized spacial score (nSPS) is 9.67. The van der Waals surface area contributed by atoms with Gasteiger partial charge in [0.05, 0.1) is 13.1 Å². The SMILES string of the molecule is C=C(C)C(=O)OCCNC(=O)Oc1ccc(OC(=O)NCCOC(=O)C(=C)C)cc1. The highest BCUT2D eigenvalue weighted by atomic mass is 16.6. The van der Waals surface area contributed by atoms with Crippen LogP contribution < -0.4 is 20.1 Å². The number of hydrogen-bond acceptors (Lipinski definition) is 8. The number of benzene rings is 1. The van der Waals surface area contributed by atoms with E-state index in [1.54, 1.807) is 0 Å². The molecule has 0 spiro atoms. The maximum Gasteiger partial charge on any atom is 0.412 e. The van der Waals surface area contributed by atoms with Crippen LogP contribution in [-0.4, -0.2) is 50.4 Å². The second-order valence-corrected chi connectivity index (χ2v) is 5.94. The quantitative estimate of drug-likeness (QED) is 0.334. The van der Waals surface area contributed by atoms with E-state index in [1.807, 2.05) is 0 Å². The number of amides is 2. The molecule has 0 atom stereocenters. The van der Waals surface area contributed by atoms with E-state index in [0.29, 0.717) is 0 Å². The van der Waals surface area contributed by atoms with Gasteiger partial charge in [0.1, 0.15) is 24.7 Å². The molecule has 30 heavy (non-hydrogen) atoms. The van der Waals surface area contributed by atoms with Gasteiger partial charge in [-0.2, -0.15) is 0 Å². The first-order valence-electron chi connectivity index (χ1n) is 8.85. The molecule has 0 radical (unpaired) electrons. The van der Waals surface area contributed by atoms with Gasteiger partial charge < -0.3 is 29.6 Å². The summed E-state index contributed by atoms with van der Waals surface area (Å²) in [5.74, 6) is -0.660. The average Bonchev–Trinajstić information content (AvgIpc) is 2.69. The zero-order valence-electron chi connectivity index (χ0n) is 16.8. The summed E-state index contributed by atoms with van der Waals surface area (Å²) in [5.41, 5.74) is 0.527. The summed E-state index contributed by atoms with van der Waals surface area (Å²) in [6.45, 7) is 10.0. The van der Waals surface area contributed by atoms with Crippen LogP contribution in [0.4, 0.5) is 9.59 Å². The minimum Gasteiger partial charge on any atom is -0.460 e. The van der Waals surface area contributed by atoms with E-state index in [0.717, 1.165) is 0 Å². The van der Waals surface area contributed by atoms with Crippen LogP contribution in [0.25, 0.3) is 0 Å². The fourth-order valence-electron chi connectivity index (χ4n) is 1.70. The number of hydrogen-bond donors (Lipinski definition) is 2. The topological polar surface area (TPSA) is 129 Å². The molecule has 0 bridgehead atoms. The van der Waals surface area contributed by atoms with Crippen molar-refractivity contribution in [3.8, 4) is 11.5 Å². The molecule has 2 N–H and O–H groups in total.